The van der Waals surface area contributed by atoms with E-state index < -0.39 is 5.97 Å². The van der Waals surface area contributed by atoms with Gasteiger partial charge in [0.05, 0.1) is 16.5 Å². The molecule has 24 heavy (non-hydrogen) atoms. The topological polar surface area (TPSA) is 55.4 Å². The Hall–Kier alpha value is -1.75. The van der Waals surface area contributed by atoms with Crippen LogP contribution in [0.5, 0.6) is 5.75 Å². The van der Waals surface area contributed by atoms with Gasteiger partial charge in [-0.05, 0) is 30.7 Å². The van der Waals surface area contributed by atoms with Crippen LogP contribution in [0.1, 0.15) is 22.3 Å². The van der Waals surface area contributed by atoms with Crippen LogP contribution in [0.2, 0.25) is 15.1 Å². The number of hydrogen-bond acceptors (Lipinski definition) is 3. The molecule has 4 nitrogen and oxygen atoms in total. The third-order valence-corrected chi connectivity index (χ3v) is 3.96. The van der Waals surface area contributed by atoms with Gasteiger partial charge in [0.25, 0.3) is 5.91 Å². The van der Waals surface area contributed by atoms with Crippen molar-refractivity contribution < 1.29 is 14.3 Å². The van der Waals surface area contributed by atoms with Crippen molar-refractivity contribution in [1.82, 2.24) is 5.32 Å². The first-order valence-electron chi connectivity index (χ1n) is 7.07. The second kappa shape index (κ2) is 8.38. The van der Waals surface area contributed by atoms with Crippen molar-refractivity contribution >= 4 is 46.7 Å². The second-order valence-corrected chi connectivity index (χ2v) is 6.24. The summed E-state index contributed by atoms with van der Waals surface area (Å²) in [5, 5.41) is 3.30. The first-order valence-corrected chi connectivity index (χ1v) is 8.21. The predicted molar refractivity (Wildman–Crippen MR) is 95.2 cm³/mol. The largest absolute Gasteiger partial charge is 0.423 e. The van der Waals surface area contributed by atoms with Crippen molar-refractivity contribution in [2.75, 3.05) is 6.54 Å². The summed E-state index contributed by atoms with van der Waals surface area (Å²) in [6.45, 7) is 1.97. The zero-order chi connectivity index (χ0) is 17.7. The Morgan fingerprint density at radius 1 is 1.08 bits per heavy atom. The fourth-order valence-corrected chi connectivity index (χ4v) is 2.89. The van der Waals surface area contributed by atoms with Gasteiger partial charge in [0.1, 0.15) is 0 Å². The molecule has 0 unspecified atom stereocenters. The molecule has 0 saturated carbocycles. The van der Waals surface area contributed by atoms with Crippen molar-refractivity contribution in [3.63, 3.8) is 0 Å². The number of benzene rings is 2. The van der Waals surface area contributed by atoms with Gasteiger partial charge in [0.2, 0.25) is 0 Å². The molecule has 7 heteroatoms. The molecule has 0 saturated heterocycles. The zero-order valence-electron chi connectivity index (χ0n) is 12.7. The average molecular weight is 387 g/mol. The fraction of sp³-hybridized carbons (Fsp3) is 0.176. The Bertz CT molecular complexity index is 754. The number of hydrogen-bond donors (Lipinski definition) is 1. The van der Waals surface area contributed by atoms with Gasteiger partial charge < -0.3 is 10.1 Å². The molecule has 1 amide bonds. The minimum Gasteiger partial charge on any atom is -0.423 e. The summed E-state index contributed by atoms with van der Waals surface area (Å²) >= 11 is 17.7. The summed E-state index contributed by atoms with van der Waals surface area (Å²) in [6, 6.07) is 10.0. The molecule has 2 aromatic rings. The van der Waals surface area contributed by atoms with Crippen LogP contribution in [-0.2, 0) is 4.79 Å². The van der Waals surface area contributed by atoms with Crippen molar-refractivity contribution in [2.24, 2.45) is 0 Å². The van der Waals surface area contributed by atoms with E-state index in [1.54, 1.807) is 12.1 Å². The maximum absolute atomic E-state index is 12.0. The van der Waals surface area contributed by atoms with Gasteiger partial charge in [-0.3, -0.25) is 9.59 Å². The fourth-order valence-electron chi connectivity index (χ4n) is 1.99. The quantitative estimate of drug-likeness (QED) is 0.599. The predicted octanol–water partition coefficient (Wildman–Crippen LogP) is 4.68. The van der Waals surface area contributed by atoms with Gasteiger partial charge in [-0.1, -0.05) is 53.0 Å². The summed E-state index contributed by atoms with van der Waals surface area (Å²) in [4.78, 5) is 23.9. The maximum atomic E-state index is 12.0. The highest BCUT2D eigenvalue weighted by molar-refractivity contribution is 6.40. The van der Waals surface area contributed by atoms with Gasteiger partial charge in [-0.2, -0.15) is 0 Å². The number of carbonyl (C=O) groups is 2. The van der Waals surface area contributed by atoms with Crippen LogP contribution in [0.25, 0.3) is 0 Å². The lowest BCUT2D eigenvalue weighted by molar-refractivity contribution is -0.134. The summed E-state index contributed by atoms with van der Waals surface area (Å²) in [6.07, 6.45) is -0.0209. The van der Waals surface area contributed by atoms with Crippen molar-refractivity contribution in [1.29, 1.82) is 0 Å². The average Bonchev–Trinajstić information content (AvgIpc) is 2.51. The van der Waals surface area contributed by atoms with Gasteiger partial charge in [-0.15, -0.1) is 0 Å². The summed E-state index contributed by atoms with van der Waals surface area (Å²) in [7, 11) is 0. The molecule has 0 bridgehead atoms. The molecule has 0 aliphatic rings. The normalized spacial score (nSPS) is 10.3. The molecule has 126 valence electrons. The van der Waals surface area contributed by atoms with E-state index in [1.807, 2.05) is 19.1 Å². The van der Waals surface area contributed by atoms with E-state index in [0.29, 0.717) is 10.6 Å². The number of nitrogens with one attached hydrogen (secondary N) is 1. The molecule has 2 aromatic carbocycles. The molecular weight excluding hydrogens is 373 g/mol. The zero-order valence-corrected chi connectivity index (χ0v) is 15.0. The lowest BCUT2D eigenvalue weighted by Crippen LogP contribution is -2.27. The minimum atomic E-state index is -0.564. The molecule has 0 fully saturated rings. The van der Waals surface area contributed by atoms with Gasteiger partial charge >= 0.3 is 5.97 Å². The van der Waals surface area contributed by atoms with Crippen LogP contribution in [-0.4, -0.2) is 18.4 Å². The maximum Gasteiger partial charge on any atom is 0.313 e. The molecule has 0 aliphatic heterocycles. The number of rotatable bonds is 5. The molecule has 0 spiro atoms. The lowest BCUT2D eigenvalue weighted by atomic mass is 10.1. The van der Waals surface area contributed by atoms with E-state index in [1.165, 1.54) is 12.1 Å². The van der Waals surface area contributed by atoms with Gasteiger partial charge in [0.15, 0.2) is 5.75 Å². The highest BCUT2D eigenvalue weighted by atomic mass is 35.5. The van der Waals surface area contributed by atoms with Crippen LogP contribution in [0, 0.1) is 6.92 Å². The summed E-state index contributed by atoms with van der Waals surface area (Å²) in [5.74, 6) is -0.757. The molecule has 0 heterocycles. The number of carbonyl (C=O) groups excluding carboxylic acids is 2. The number of esters is 1. The number of amides is 1. The van der Waals surface area contributed by atoms with E-state index in [2.05, 4.69) is 5.32 Å². The van der Waals surface area contributed by atoms with Crippen LogP contribution in [0.4, 0.5) is 0 Å². The van der Waals surface area contributed by atoms with E-state index in [0.717, 1.165) is 5.56 Å². The van der Waals surface area contributed by atoms with Crippen LogP contribution < -0.4 is 10.1 Å². The third-order valence-electron chi connectivity index (χ3n) is 3.18. The second-order valence-electron chi connectivity index (χ2n) is 4.99. The Balaban J connectivity index is 1.88. The Morgan fingerprint density at radius 2 is 1.71 bits per heavy atom. The third kappa shape index (κ3) is 4.87. The first kappa shape index (κ1) is 18.6. The van der Waals surface area contributed by atoms with Crippen LogP contribution in [0.15, 0.2) is 36.4 Å². The Morgan fingerprint density at radius 3 is 2.33 bits per heavy atom. The van der Waals surface area contributed by atoms with Crippen molar-refractivity contribution in [3.05, 3.63) is 62.6 Å². The van der Waals surface area contributed by atoms with E-state index in [4.69, 9.17) is 39.5 Å². The Labute approximate surface area is 154 Å². The standard InChI is InChI=1S/C17H14Cl3NO3/c1-10-4-2-3-5-12(10)17(23)21-7-6-15(22)24-16-13(19)8-11(18)9-14(16)20/h2-5,8-9H,6-7H2,1H3,(H,21,23). The SMILES string of the molecule is Cc1ccccc1C(=O)NCCC(=O)Oc1c(Cl)cc(Cl)cc1Cl. The minimum absolute atomic E-state index is 0.0209. The number of aryl methyl sites for hydroxylation is 1. The molecule has 0 aliphatic carbocycles. The summed E-state index contributed by atoms with van der Waals surface area (Å²) in [5.41, 5.74) is 1.42. The summed E-state index contributed by atoms with van der Waals surface area (Å²) < 4.78 is 5.13. The Kier molecular flexibility index (Phi) is 6.49. The number of halogens is 3. The van der Waals surface area contributed by atoms with E-state index in [9.17, 15) is 9.59 Å². The molecule has 2 rings (SSSR count). The highest BCUT2D eigenvalue weighted by Gasteiger charge is 2.14. The molecule has 1 N–H and O–H groups in total. The van der Waals surface area contributed by atoms with Crippen LogP contribution in [0.3, 0.4) is 0 Å². The lowest BCUT2D eigenvalue weighted by Gasteiger charge is -2.10. The van der Waals surface area contributed by atoms with E-state index >= 15 is 0 Å². The van der Waals surface area contributed by atoms with Gasteiger partial charge in [-0.25, -0.2) is 0 Å². The van der Waals surface area contributed by atoms with E-state index in [-0.39, 0.29) is 34.7 Å². The molecule has 0 radical (unpaired) electrons. The van der Waals surface area contributed by atoms with Crippen molar-refractivity contribution in [3.8, 4) is 5.75 Å². The highest BCUT2D eigenvalue weighted by Crippen LogP contribution is 2.35. The first-order chi connectivity index (χ1) is 11.4. The van der Waals surface area contributed by atoms with Crippen molar-refractivity contribution in [2.45, 2.75) is 13.3 Å². The molecule has 0 aromatic heterocycles. The molecular formula is C17H14Cl3NO3. The number of ether oxygens (including phenoxy) is 1. The van der Waals surface area contributed by atoms with Crippen LogP contribution >= 0.6 is 34.8 Å². The smallest absolute Gasteiger partial charge is 0.313 e. The monoisotopic (exact) mass is 385 g/mol. The van der Waals surface area contributed by atoms with Gasteiger partial charge in [0, 0.05) is 17.1 Å². The molecule has 0 atom stereocenters.